The number of amides is 1. The number of benzene rings is 1. The van der Waals surface area contributed by atoms with Crippen LogP contribution in [0.2, 0.25) is 0 Å². The fourth-order valence-corrected chi connectivity index (χ4v) is 3.18. The number of phenolic OH excluding ortho intramolecular Hbond substituents is 1. The molecule has 2 N–H and O–H groups in total. The molecule has 25 heavy (non-hydrogen) atoms. The summed E-state index contributed by atoms with van der Waals surface area (Å²) in [6.07, 6.45) is 13.3. The molecule has 1 amide bonds. The highest BCUT2D eigenvalue weighted by molar-refractivity contribution is 5.92. The molecule has 3 heteroatoms. The molecule has 0 aliphatic heterocycles. The molecule has 1 rings (SSSR count). The van der Waals surface area contributed by atoms with E-state index in [0.717, 1.165) is 35.2 Å². The number of phenols is 1. The molecule has 0 saturated carbocycles. The van der Waals surface area contributed by atoms with E-state index >= 15 is 0 Å². The average molecular weight is 348 g/mol. The maximum atomic E-state index is 12.1. The van der Waals surface area contributed by atoms with Gasteiger partial charge in [0.2, 0.25) is 5.91 Å². The maximum absolute atomic E-state index is 12.1. The van der Waals surface area contributed by atoms with Gasteiger partial charge in [0.15, 0.2) is 0 Å². The summed E-state index contributed by atoms with van der Waals surface area (Å²) in [4.78, 5) is 12.1. The molecule has 0 fully saturated rings. The average Bonchev–Trinajstić information content (AvgIpc) is 2.59. The summed E-state index contributed by atoms with van der Waals surface area (Å²) in [7, 11) is 0. The molecule has 0 aliphatic rings. The van der Waals surface area contributed by atoms with Crippen molar-refractivity contribution in [2.75, 3.05) is 5.32 Å². The summed E-state index contributed by atoms with van der Waals surface area (Å²) in [5.74, 6) is 0.400. The lowest BCUT2D eigenvalue weighted by atomic mass is 10.0. The standard InChI is InChI=1S/C22H37NO2/c1-5-6-7-8-9-10-11-12-13-14-15-21(24)23-20-16-17(2)22(25)19(4)18(20)3/h16,25H,5-15H2,1-4H3,(H,23,24). The Bertz CT molecular complexity index is 537. The van der Waals surface area contributed by atoms with Gasteiger partial charge in [0, 0.05) is 12.1 Å². The van der Waals surface area contributed by atoms with Crippen molar-refractivity contribution in [1.82, 2.24) is 0 Å². The van der Waals surface area contributed by atoms with Crippen LogP contribution in [0.15, 0.2) is 6.07 Å². The maximum Gasteiger partial charge on any atom is 0.224 e. The monoisotopic (exact) mass is 347 g/mol. The fourth-order valence-electron chi connectivity index (χ4n) is 3.18. The summed E-state index contributed by atoms with van der Waals surface area (Å²) in [6, 6.07) is 1.86. The van der Waals surface area contributed by atoms with Crippen molar-refractivity contribution in [3.8, 4) is 5.75 Å². The Morgan fingerprint density at radius 3 is 1.96 bits per heavy atom. The lowest BCUT2D eigenvalue weighted by Gasteiger charge is -2.14. The van der Waals surface area contributed by atoms with Gasteiger partial charge in [-0.05, 0) is 49.9 Å². The third-order valence-electron chi connectivity index (χ3n) is 5.09. The quantitative estimate of drug-likeness (QED) is 0.332. The van der Waals surface area contributed by atoms with E-state index in [1.807, 2.05) is 26.8 Å². The second-order valence-corrected chi connectivity index (χ2v) is 7.32. The molecular weight excluding hydrogens is 310 g/mol. The van der Waals surface area contributed by atoms with Gasteiger partial charge in [0.05, 0.1) is 0 Å². The Hall–Kier alpha value is -1.51. The van der Waals surface area contributed by atoms with Crippen LogP contribution in [0.1, 0.15) is 94.2 Å². The van der Waals surface area contributed by atoms with E-state index in [0.29, 0.717) is 12.2 Å². The second kappa shape index (κ2) is 11.9. The first-order chi connectivity index (χ1) is 12.0. The van der Waals surface area contributed by atoms with Crippen LogP contribution in [0.3, 0.4) is 0 Å². The van der Waals surface area contributed by atoms with E-state index in [1.54, 1.807) is 0 Å². The summed E-state index contributed by atoms with van der Waals surface area (Å²) in [5, 5.41) is 12.9. The zero-order chi connectivity index (χ0) is 18.7. The van der Waals surface area contributed by atoms with Crippen LogP contribution in [0, 0.1) is 20.8 Å². The number of aromatic hydroxyl groups is 1. The number of rotatable bonds is 12. The lowest BCUT2D eigenvalue weighted by molar-refractivity contribution is -0.116. The molecule has 3 nitrogen and oxygen atoms in total. The molecule has 0 unspecified atom stereocenters. The normalized spacial score (nSPS) is 10.9. The van der Waals surface area contributed by atoms with Crippen molar-refractivity contribution >= 4 is 11.6 Å². The first-order valence-electron chi connectivity index (χ1n) is 10.1. The van der Waals surface area contributed by atoms with Gasteiger partial charge in [-0.3, -0.25) is 4.79 Å². The molecule has 1 aromatic rings. The molecule has 1 aromatic carbocycles. The van der Waals surface area contributed by atoms with Crippen molar-refractivity contribution in [2.24, 2.45) is 0 Å². The first kappa shape index (κ1) is 21.5. The fraction of sp³-hybridized carbons (Fsp3) is 0.682. The number of carbonyl (C=O) groups excluding carboxylic acids is 1. The first-order valence-corrected chi connectivity index (χ1v) is 10.1. The predicted molar refractivity (Wildman–Crippen MR) is 107 cm³/mol. The van der Waals surface area contributed by atoms with Crippen molar-refractivity contribution in [3.63, 3.8) is 0 Å². The summed E-state index contributed by atoms with van der Waals surface area (Å²) in [5.41, 5.74) is 3.41. The van der Waals surface area contributed by atoms with Gasteiger partial charge in [-0.2, -0.15) is 0 Å². The highest BCUT2D eigenvalue weighted by Gasteiger charge is 2.11. The van der Waals surface area contributed by atoms with Crippen LogP contribution in [0.4, 0.5) is 5.69 Å². The summed E-state index contributed by atoms with van der Waals surface area (Å²) >= 11 is 0. The van der Waals surface area contributed by atoms with E-state index in [4.69, 9.17) is 0 Å². The van der Waals surface area contributed by atoms with E-state index in [1.165, 1.54) is 51.4 Å². The number of anilines is 1. The van der Waals surface area contributed by atoms with Gasteiger partial charge in [-0.15, -0.1) is 0 Å². The molecule has 0 aromatic heterocycles. The van der Waals surface area contributed by atoms with Crippen molar-refractivity contribution in [3.05, 3.63) is 22.8 Å². The van der Waals surface area contributed by atoms with Gasteiger partial charge in [0.1, 0.15) is 5.75 Å². The summed E-state index contributed by atoms with van der Waals surface area (Å²) < 4.78 is 0. The third-order valence-corrected chi connectivity index (χ3v) is 5.09. The van der Waals surface area contributed by atoms with Crippen LogP contribution in [0.5, 0.6) is 5.75 Å². The van der Waals surface area contributed by atoms with E-state index in [-0.39, 0.29) is 5.91 Å². The summed E-state index contributed by atoms with van der Waals surface area (Å²) in [6.45, 7) is 7.93. The molecule has 0 bridgehead atoms. The number of unbranched alkanes of at least 4 members (excludes halogenated alkanes) is 9. The molecule has 0 heterocycles. The van der Waals surface area contributed by atoms with Crippen LogP contribution >= 0.6 is 0 Å². The molecule has 0 spiro atoms. The topological polar surface area (TPSA) is 49.3 Å². The minimum Gasteiger partial charge on any atom is -0.507 e. The molecule has 0 aliphatic carbocycles. The lowest BCUT2D eigenvalue weighted by Crippen LogP contribution is -2.12. The molecule has 142 valence electrons. The minimum absolute atomic E-state index is 0.0761. The number of hydrogen-bond acceptors (Lipinski definition) is 2. The SMILES string of the molecule is CCCCCCCCCCCCC(=O)Nc1cc(C)c(O)c(C)c1C. The van der Waals surface area contributed by atoms with Crippen LogP contribution in [-0.4, -0.2) is 11.0 Å². The van der Waals surface area contributed by atoms with Crippen LogP contribution < -0.4 is 5.32 Å². The zero-order valence-electron chi connectivity index (χ0n) is 16.7. The second-order valence-electron chi connectivity index (χ2n) is 7.32. The third kappa shape index (κ3) is 7.94. The van der Waals surface area contributed by atoms with Crippen LogP contribution in [-0.2, 0) is 4.79 Å². The van der Waals surface area contributed by atoms with Gasteiger partial charge in [0.25, 0.3) is 0 Å². The van der Waals surface area contributed by atoms with E-state index in [2.05, 4.69) is 12.2 Å². The Kier molecular flexibility index (Phi) is 10.3. The minimum atomic E-state index is 0.0761. The Morgan fingerprint density at radius 1 is 0.880 bits per heavy atom. The molecule has 0 saturated heterocycles. The smallest absolute Gasteiger partial charge is 0.224 e. The van der Waals surface area contributed by atoms with Crippen molar-refractivity contribution in [1.29, 1.82) is 0 Å². The van der Waals surface area contributed by atoms with Gasteiger partial charge < -0.3 is 10.4 Å². The Labute approximate surface area is 154 Å². The molecule has 0 radical (unpaired) electrons. The molecular formula is C22H37NO2. The van der Waals surface area contributed by atoms with Crippen molar-refractivity contribution in [2.45, 2.75) is 98.3 Å². The van der Waals surface area contributed by atoms with Crippen LogP contribution in [0.25, 0.3) is 0 Å². The van der Waals surface area contributed by atoms with Gasteiger partial charge in [-0.1, -0.05) is 64.7 Å². The highest BCUT2D eigenvalue weighted by Crippen LogP contribution is 2.30. The molecule has 0 atom stereocenters. The predicted octanol–water partition coefficient (Wildman–Crippen LogP) is 6.57. The van der Waals surface area contributed by atoms with Crippen molar-refractivity contribution < 1.29 is 9.90 Å². The highest BCUT2D eigenvalue weighted by atomic mass is 16.3. The van der Waals surface area contributed by atoms with Gasteiger partial charge >= 0.3 is 0 Å². The number of nitrogens with one attached hydrogen (secondary N) is 1. The number of hydrogen-bond donors (Lipinski definition) is 2. The zero-order valence-corrected chi connectivity index (χ0v) is 16.7. The number of carbonyl (C=O) groups is 1. The largest absolute Gasteiger partial charge is 0.507 e. The Balaban J connectivity index is 2.18. The van der Waals surface area contributed by atoms with E-state index in [9.17, 15) is 9.90 Å². The van der Waals surface area contributed by atoms with Gasteiger partial charge in [-0.25, -0.2) is 0 Å². The van der Waals surface area contributed by atoms with E-state index < -0.39 is 0 Å². The number of aryl methyl sites for hydroxylation is 1. The Morgan fingerprint density at radius 2 is 1.40 bits per heavy atom.